The maximum absolute atomic E-state index is 12.1. The number of fused-ring (bicyclic) bond motifs is 1. The van der Waals surface area contributed by atoms with E-state index in [4.69, 9.17) is 0 Å². The Labute approximate surface area is 125 Å². The molecule has 1 aliphatic rings. The fourth-order valence-electron chi connectivity index (χ4n) is 3.01. The topological polar surface area (TPSA) is 56.9 Å². The van der Waals surface area contributed by atoms with Gasteiger partial charge in [-0.15, -0.1) is 0 Å². The molecule has 1 fully saturated rings. The van der Waals surface area contributed by atoms with Crippen molar-refractivity contribution in [2.45, 2.75) is 20.3 Å². The quantitative estimate of drug-likeness (QED) is 0.787. The molecule has 0 bridgehead atoms. The first-order valence-corrected chi connectivity index (χ1v) is 7.71. The molecular formula is C17H23N3O. The maximum atomic E-state index is 12.1. The zero-order valence-corrected chi connectivity index (χ0v) is 12.7. The summed E-state index contributed by atoms with van der Waals surface area (Å²) in [6, 6.07) is 8.33. The number of aryl methyl sites for hydroxylation is 1. The van der Waals surface area contributed by atoms with Gasteiger partial charge in [0.25, 0.3) is 0 Å². The highest BCUT2D eigenvalue weighted by molar-refractivity contribution is 5.84. The molecule has 0 radical (unpaired) electrons. The number of rotatable bonds is 5. The second kappa shape index (κ2) is 5.90. The number of aromatic amines is 1. The van der Waals surface area contributed by atoms with Crippen LogP contribution >= 0.6 is 0 Å². The smallest absolute Gasteiger partial charge is 0.223 e. The number of hydrogen-bond donors (Lipinski definition) is 3. The van der Waals surface area contributed by atoms with Gasteiger partial charge < -0.3 is 15.6 Å². The van der Waals surface area contributed by atoms with E-state index in [1.165, 1.54) is 22.2 Å². The summed E-state index contributed by atoms with van der Waals surface area (Å²) < 4.78 is 0. The van der Waals surface area contributed by atoms with Crippen molar-refractivity contribution in [2.24, 2.45) is 11.8 Å². The van der Waals surface area contributed by atoms with E-state index in [0.29, 0.717) is 12.5 Å². The van der Waals surface area contributed by atoms with Gasteiger partial charge in [0, 0.05) is 29.1 Å². The number of carbonyl (C=O) groups excluding carboxylic acids is 1. The van der Waals surface area contributed by atoms with Crippen LogP contribution in [0.4, 0.5) is 0 Å². The van der Waals surface area contributed by atoms with Crippen molar-refractivity contribution >= 4 is 16.8 Å². The number of para-hydroxylation sites is 1. The van der Waals surface area contributed by atoms with Gasteiger partial charge in [-0.3, -0.25) is 4.79 Å². The van der Waals surface area contributed by atoms with Crippen molar-refractivity contribution in [1.82, 2.24) is 15.6 Å². The van der Waals surface area contributed by atoms with Crippen LogP contribution in [0.1, 0.15) is 18.2 Å². The first-order chi connectivity index (χ1) is 10.2. The number of benzene rings is 1. The fourth-order valence-corrected chi connectivity index (χ4v) is 3.01. The van der Waals surface area contributed by atoms with E-state index in [9.17, 15) is 4.79 Å². The third-order valence-electron chi connectivity index (χ3n) is 4.63. The summed E-state index contributed by atoms with van der Waals surface area (Å²) >= 11 is 0. The van der Waals surface area contributed by atoms with E-state index < -0.39 is 0 Å². The molecule has 1 unspecified atom stereocenters. The Morgan fingerprint density at radius 2 is 2.14 bits per heavy atom. The second-order valence-corrected chi connectivity index (χ2v) is 6.02. The summed E-state index contributed by atoms with van der Waals surface area (Å²) in [6.07, 6.45) is 0.872. The van der Waals surface area contributed by atoms with Crippen LogP contribution in [0.3, 0.4) is 0 Å². The highest BCUT2D eigenvalue weighted by Gasteiger charge is 2.28. The van der Waals surface area contributed by atoms with Gasteiger partial charge in [0.15, 0.2) is 0 Å². The summed E-state index contributed by atoms with van der Waals surface area (Å²) in [5.74, 6) is 0.786. The molecule has 1 aromatic carbocycles. The van der Waals surface area contributed by atoms with Gasteiger partial charge in [-0.2, -0.15) is 0 Å². The maximum Gasteiger partial charge on any atom is 0.223 e. The van der Waals surface area contributed by atoms with Crippen molar-refractivity contribution in [2.75, 3.05) is 19.6 Å². The lowest BCUT2D eigenvalue weighted by molar-refractivity contribution is -0.126. The minimum atomic E-state index is 0.107. The van der Waals surface area contributed by atoms with E-state index in [-0.39, 0.29) is 11.8 Å². The fraction of sp³-hybridized carbons (Fsp3) is 0.471. The molecular weight excluding hydrogens is 262 g/mol. The molecule has 1 aromatic heterocycles. The van der Waals surface area contributed by atoms with Crippen molar-refractivity contribution < 1.29 is 4.79 Å². The first-order valence-electron chi connectivity index (χ1n) is 7.71. The number of carbonyl (C=O) groups is 1. The van der Waals surface area contributed by atoms with Crippen LogP contribution in [0.15, 0.2) is 24.3 Å². The Kier molecular flexibility index (Phi) is 3.97. The second-order valence-electron chi connectivity index (χ2n) is 6.02. The molecule has 1 saturated heterocycles. The predicted octanol–water partition coefficient (Wildman–Crippen LogP) is 1.99. The number of H-pyrrole nitrogens is 1. The Balaban J connectivity index is 1.59. The molecule has 112 valence electrons. The zero-order chi connectivity index (χ0) is 14.8. The molecule has 4 heteroatoms. The zero-order valence-electron chi connectivity index (χ0n) is 12.7. The third-order valence-corrected chi connectivity index (χ3v) is 4.63. The molecule has 1 aliphatic heterocycles. The lowest BCUT2D eigenvalue weighted by atomic mass is 9.88. The van der Waals surface area contributed by atoms with Crippen LogP contribution in [-0.4, -0.2) is 30.5 Å². The van der Waals surface area contributed by atoms with E-state index >= 15 is 0 Å². The SMILES string of the molecule is Cc1[nH]c2ccccc2c1CCNC(=O)C(C)C1CNC1. The van der Waals surface area contributed by atoms with E-state index in [1.807, 2.05) is 13.0 Å². The number of aromatic nitrogens is 1. The van der Waals surface area contributed by atoms with Gasteiger partial charge in [-0.1, -0.05) is 25.1 Å². The lowest BCUT2D eigenvalue weighted by Gasteiger charge is -2.31. The molecule has 0 saturated carbocycles. The van der Waals surface area contributed by atoms with Crippen LogP contribution in [-0.2, 0) is 11.2 Å². The minimum absolute atomic E-state index is 0.107. The van der Waals surface area contributed by atoms with E-state index in [2.05, 4.69) is 40.7 Å². The Bertz CT molecular complexity index is 643. The molecule has 2 aromatic rings. The van der Waals surface area contributed by atoms with Gasteiger partial charge in [0.2, 0.25) is 5.91 Å². The Morgan fingerprint density at radius 1 is 1.38 bits per heavy atom. The van der Waals surface area contributed by atoms with Crippen LogP contribution < -0.4 is 10.6 Å². The summed E-state index contributed by atoms with van der Waals surface area (Å²) in [7, 11) is 0. The Morgan fingerprint density at radius 3 is 2.86 bits per heavy atom. The normalized spacial score (nSPS) is 16.7. The molecule has 4 nitrogen and oxygen atoms in total. The van der Waals surface area contributed by atoms with Gasteiger partial charge >= 0.3 is 0 Å². The van der Waals surface area contributed by atoms with Crippen LogP contribution in [0.25, 0.3) is 10.9 Å². The molecule has 0 spiro atoms. The molecule has 1 atom stereocenters. The standard InChI is InChI=1S/C17H23N3O/c1-11(13-9-18-10-13)17(21)19-8-7-14-12(2)20-16-6-4-3-5-15(14)16/h3-6,11,13,18,20H,7-10H2,1-2H3,(H,19,21). The van der Waals surface area contributed by atoms with Gasteiger partial charge in [0.1, 0.15) is 0 Å². The molecule has 0 aliphatic carbocycles. The number of hydrogen-bond acceptors (Lipinski definition) is 2. The van der Waals surface area contributed by atoms with Gasteiger partial charge in [-0.05, 0) is 44.0 Å². The summed E-state index contributed by atoms with van der Waals surface area (Å²) in [5.41, 5.74) is 3.68. The minimum Gasteiger partial charge on any atom is -0.358 e. The molecule has 2 heterocycles. The van der Waals surface area contributed by atoms with Gasteiger partial charge in [-0.25, -0.2) is 0 Å². The summed E-state index contributed by atoms with van der Waals surface area (Å²) in [4.78, 5) is 15.5. The van der Waals surface area contributed by atoms with Crippen molar-refractivity contribution in [3.8, 4) is 0 Å². The number of amides is 1. The molecule has 21 heavy (non-hydrogen) atoms. The number of nitrogens with one attached hydrogen (secondary N) is 3. The first kappa shape index (κ1) is 14.1. The molecule has 1 amide bonds. The third kappa shape index (κ3) is 2.81. The molecule has 3 N–H and O–H groups in total. The van der Waals surface area contributed by atoms with Crippen LogP contribution in [0.5, 0.6) is 0 Å². The van der Waals surface area contributed by atoms with Crippen molar-refractivity contribution in [3.05, 3.63) is 35.5 Å². The van der Waals surface area contributed by atoms with Crippen LogP contribution in [0.2, 0.25) is 0 Å². The highest BCUT2D eigenvalue weighted by atomic mass is 16.1. The van der Waals surface area contributed by atoms with Gasteiger partial charge in [0.05, 0.1) is 0 Å². The van der Waals surface area contributed by atoms with Crippen LogP contribution in [0, 0.1) is 18.8 Å². The Hall–Kier alpha value is -1.81. The predicted molar refractivity (Wildman–Crippen MR) is 85.3 cm³/mol. The highest BCUT2D eigenvalue weighted by Crippen LogP contribution is 2.22. The molecule has 3 rings (SSSR count). The monoisotopic (exact) mass is 285 g/mol. The van der Waals surface area contributed by atoms with Crippen molar-refractivity contribution in [3.63, 3.8) is 0 Å². The average molecular weight is 285 g/mol. The van der Waals surface area contributed by atoms with Crippen molar-refractivity contribution in [1.29, 1.82) is 0 Å². The lowest BCUT2D eigenvalue weighted by Crippen LogP contribution is -2.49. The van der Waals surface area contributed by atoms with E-state index in [1.54, 1.807) is 0 Å². The largest absolute Gasteiger partial charge is 0.358 e. The summed E-state index contributed by atoms with van der Waals surface area (Å²) in [5, 5.41) is 7.56. The summed E-state index contributed by atoms with van der Waals surface area (Å²) in [6.45, 7) is 6.76. The average Bonchev–Trinajstić information content (AvgIpc) is 2.73. The van der Waals surface area contributed by atoms with E-state index in [0.717, 1.165) is 19.5 Å².